The Morgan fingerprint density at radius 3 is 3.00 bits per heavy atom. The van der Waals surface area contributed by atoms with Crippen molar-refractivity contribution in [2.75, 3.05) is 13.2 Å². The van der Waals surface area contributed by atoms with Crippen molar-refractivity contribution in [3.63, 3.8) is 0 Å². The van der Waals surface area contributed by atoms with E-state index < -0.39 is 0 Å². The molecule has 4 nitrogen and oxygen atoms in total. The summed E-state index contributed by atoms with van der Waals surface area (Å²) in [6.45, 7) is 3.47. The fourth-order valence-corrected chi connectivity index (χ4v) is 1.87. The van der Waals surface area contributed by atoms with Crippen molar-refractivity contribution in [2.24, 2.45) is 5.73 Å². The average molecular weight is 228 g/mol. The minimum atomic E-state index is 0.120. The summed E-state index contributed by atoms with van der Waals surface area (Å²) in [5.74, 6) is 0.120. The molecule has 1 rings (SSSR count). The van der Waals surface area contributed by atoms with Crippen molar-refractivity contribution in [2.45, 2.75) is 57.6 Å². The van der Waals surface area contributed by atoms with Crippen molar-refractivity contribution in [3.8, 4) is 0 Å². The van der Waals surface area contributed by atoms with Gasteiger partial charge in [-0.1, -0.05) is 0 Å². The predicted molar refractivity (Wildman–Crippen MR) is 64.1 cm³/mol. The molecule has 3 N–H and O–H groups in total. The number of carbonyl (C=O) groups is 1. The van der Waals surface area contributed by atoms with Gasteiger partial charge in [0.2, 0.25) is 5.91 Å². The van der Waals surface area contributed by atoms with Crippen LogP contribution in [0.3, 0.4) is 0 Å². The molecule has 1 saturated heterocycles. The Morgan fingerprint density at radius 2 is 2.38 bits per heavy atom. The van der Waals surface area contributed by atoms with Gasteiger partial charge in [0.1, 0.15) is 0 Å². The average Bonchev–Trinajstić information content (AvgIpc) is 2.27. The molecular formula is C12H24N2O2. The fraction of sp³-hybridized carbons (Fsp3) is 0.917. The Kier molecular flexibility index (Phi) is 6.42. The maximum absolute atomic E-state index is 11.5. The Labute approximate surface area is 97.9 Å². The molecule has 0 aromatic rings. The molecule has 2 unspecified atom stereocenters. The maximum Gasteiger partial charge on any atom is 0.220 e. The molecule has 1 amide bonds. The highest BCUT2D eigenvalue weighted by atomic mass is 16.5. The van der Waals surface area contributed by atoms with Crippen molar-refractivity contribution in [1.29, 1.82) is 0 Å². The second-order valence-corrected chi connectivity index (χ2v) is 4.66. The summed E-state index contributed by atoms with van der Waals surface area (Å²) in [6, 6.07) is 0.189. The van der Waals surface area contributed by atoms with Crippen LogP contribution in [-0.2, 0) is 9.53 Å². The summed E-state index contributed by atoms with van der Waals surface area (Å²) in [7, 11) is 0. The zero-order chi connectivity index (χ0) is 11.8. The standard InChI is InChI=1S/C12H24N2O2/c1-10(13)5-4-7-12(15)14-9-11-6-2-3-8-16-11/h10-11H,2-9,13H2,1H3,(H,14,15). The number of amides is 1. The van der Waals surface area contributed by atoms with E-state index in [1.165, 1.54) is 6.42 Å². The molecule has 0 aliphatic carbocycles. The van der Waals surface area contributed by atoms with Crippen LogP contribution in [0, 0.1) is 0 Å². The van der Waals surface area contributed by atoms with Crippen molar-refractivity contribution in [1.82, 2.24) is 5.32 Å². The normalized spacial score (nSPS) is 22.8. The molecule has 94 valence electrons. The molecule has 1 aliphatic heterocycles. The van der Waals surface area contributed by atoms with E-state index in [-0.39, 0.29) is 18.1 Å². The van der Waals surface area contributed by atoms with Crippen LogP contribution in [0.2, 0.25) is 0 Å². The molecule has 0 bridgehead atoms. The Balaban J connectivity index is 2.00. The van der Waals surface area contributed by atoms with E-state index in [1.807, 2.05) is 6.92 Å². The van der Waals surface area contributed by atoms with Gasteiger partial charge < -0.3 is 15.8 Å². The number of rotatable bonds is 6. The van der Waals surface area contributed by atoms with E-state index in [9.17, 15) is 4.79 Å². The lowest BCUT2D eigenvalue weighted by atomic mass is 10.1. The lowest BCUT2D eigenvalue weighted by Crippen LogP contribution is -2.35. The first-order chi connectivity index (χ1) is 7.68. The molecule has 0 aromatic heterocycles. The van der Waals surface area contributed by atoms with Crippen LogP contribution >= 0.6 is 0 Å². The van der Waals surface area contributed by atoms with Crippen LogP contribution < -0.4 is 11.1 Å². The molecule has 1 aliphatic rings. The molecule has 0 spiro atoms. The number of carbonyl (C=O) groups excluding carboxylic acids is 1. The zero-order valence-electron chi connectivity index (χ0n) is 10.2. The van der Waals surface area contributed by atoms with E-state index in [1.54, 1.807) is 0 Å². The zero-order valence-corrected chi connectivity index (χ0v) is 10.2. The second kappa shape index (κ2) is 7.63. The third-order valence-corrected chi connectivity index (χ3v) is 2.86. The van der Waals surface area contributed by atoms with E-state index in [4.69, 9.17) is 10.5 Å². The van der Waals surface area contributed by atoms with Crippen LogP contribution in [0.1, 0.15) is 45.4 Å². The summed E-state index contributed by atoms with van der Waals surface area (Å²) < 4.78 is 5.54. The molecule has 16 heavy (non-hydrogen) atoms. The van der Waals surface area contributed by atoms with Crippen LogP contribution in [0.15, 0.2) is 0 Å². The molecule has 0 saturated carbocycles. The molecule has 0 radical (unpaired) electrons. The lowest BCUT2D eigenvalue weighted by molar-refractivity contribution is -0.122. The first-order valence-corrected chi connectivity index (χ1v) is 6.32. The van der Waals surface area contributed by atoms with Crippen LogP contribution in [0.5, 0.6) is 0 Å². The predicted octanol–water partition coefficient (Wildman–Crippen LogP) is 1.19. The smallest absolute Gasteiger partial charge is 0.220 e. The topological polar surface area (TPSA) is 64.4 Å². The van der Waals surface area contributed by atoms with Gasteiger partial charge in [-0.05, 0) is 39.0 Å². The molecular weight excluding hydrogens is 204 g/mol. The van der Waals surface area contributed by atoms with E-state index in [0.717, 1.165) is 32.3 Å². The lowest BCUT2D eigenvalue weighted by Gasteiger charge is -2.22. The highest BCUT2D eigenvalue weighted by Crippen LogP contribution is 2.11. The van der Waals surface area contributed by atoms with Gasteiger partial charge >= 0.3 is 0 Å². The van der Waals surface area contributed by atoms with Crippen LogP contribution in [0.25, 0.3) is 0 Å². The molecule has 0 aromatic carbocycles. The van der Waals surface area contributed by atoms with E-state index >= 15 is 0 Å². The first-order valence-electron chi connectivity index (χ1n) is 6.32. The van der Waals surface area contributed by atoms with E-state index in [2.05, 4.69) is 5.32 Å². The summed E-state index contributed by atoms with van der Waals surface area (Å²) in [5.41, 5.74) is 5.62. The first kappa shape index (κ1) is 13.5. The molecule has 1 heterocycles. The van der Waals surface area contributed by atoms with Gasteiger partial charge in [0, 0.05) is 25.6 Å². The van der Waals surface area contributed by atoms with Gasteiger partial charge in [0.15, 0.2) is 0 Å². The highest BCUT2D eigenvalue weighted by Gasteiger charge is 2.14. The number of nitrogens with two attached hydrogens (primary N) is 1. The monoisotopic (exact) mass is 228 g/mol. The molecule has 4 heteroatoms. The van der Waals surface area contributed by atoms with Crippen molar-refractivity contribution >= 4 is 5.91 Å². The maximum atomic E-state index is 11.5. The SMILES string of the molecule is CC(N)CCCC(=O)NCC1CCCCO1. The Bertz CT molecular complexity index is 201. The van der Waals surface area contributed by atoms with Crippen molar-refractivity contribution in [3.05, 3.63) is 0 Å². The quantitative estimate of drug-likeness (QED) is 0.717. The summed E-state index contributed by atoms with van der Waals surface area (Å²) in [5, 5.41) is 2.92. The van der Waals surface area contributed by atoms with Gasteiger partial charge in [-0.2, -0.15) is 0 Å². The summed E-state index contributed by atoms with van der Waals surface area (Å²) >= 11 is 0. The minimum absolute atomic E-state index is 0.120. The Morgan fingerprint density at radius 1 is 1.56 bits per heavy atom. The van der Waals surface area contributed by atoms with Crippen molar-refractivity contribution < 1.29 is 9.53 Å². The third-order valence-electron chi connectivity index (χ3n) is 2.86. The number of ether oxygens (including phenoxy) is 1. The number of hydrogen-bond acceptors (Lipinski definition) is 3. The minimum Gasteiger partial charge on any atom is -0.376 e. The Hall–Kier alpha value is -0.610. The summed E-state index contributed by atoms with van der Waals surface area (Å²) in [6.07, 6.45) is 6.02. The van der Waals surface area contributed by atoms with E-state index in [0.29, 0.717) is 13.0 Å². The number of nitrogens with one attached hydrogen (secondary N) is 1. The third kappa shape index (κ3) is 6.08. The number of hydrogen-bond donors (Lipinski definition) is 2. The van der Waals surface area contributed by atoms with Gasteiger partial charge in [0.05, 0.1) is 6.10 Å². The fourth-order valence-electron chi connectivity index (χ4n) is 1.87. The van der Waals surface area contributed by atoms with Gasteiger partial charge in [-0.15, -0.1) is 0 Å². The highest BCUT2D eigenvalue weighted by molar-refractivity contribution is 5.75. The molecule has 2 atom stereocenters. The molecule has 1 fully saturated rings. The van der Waals surface area contributed by atoms with Gasteiger partial charge in [-0.3, -0.25) is 4.79 Å². The van der Waals surface area contributed by atoms with Gasteiger partial charge in [0.25, 0.3) is 0 Å². The summed E-state index contributed by atoms with van der Waals surface area (Å²) in [4.78, 5) is 11.5. The largest absolute Gasteiger partial charge is 0.376 e. The van der Waals surface area contributed by atoms with Gasteiger partial charge in [-0.25, -0.2) is 0 Å². The second-order valence-electron chi connectivity index (χ2n) is 4.66. The van der Waals surface area contributed by atoms with Crippen LogP contribution in [0.4, 0.5) is 0 Å². The van der Waals surface area contributed by atoms with Crippen LogP contribution in [-0.4, -0.2) is 31.2 Å².